The Morgan fingerprint density at radius 2 is 1.82 bits per heavy atom. The highest BCUT2D eigenvalue weighted by atomic mass is 35.5. The zero-order valence-electron chi connectivity index (χ0n) is 22.7. The molecular weight excluding hydrogens is 543 g/mol. The van der Waals surface area contributed by atoms with Crippen LogP contribution in [0.4, 0.5) is 13.2 Å². The molecule has 1 saturated carbocycles. The van der Waals surface area contributed by atoms with Gasteiger partial charge >= 0.3 is 6.43 Å². The predicted octanol–water partition coefficient (Wildman–Crippen LogP) is 1.72. The molecule has 39 heavy (non-hydrogen) atoms. The number of hydrogen-bond donors (Lipinski definition) is 3. The Morgan fingerprint density at radius 1 is 1.18 bits per heavy atom. The van der Waals surface area contributed by atoms with Gasteiger partial charge in [-0.05, 0) is 50.4 Å². The van der Waals surface area contributed by atoms with Gasteiger partial charge in [-0.3, -0.25) is 29.4 Å². The molecule has 2 saturated heterocycles. The van der Waals surface area contributed by atoms with Crippen molar-refractivity contribution < 1.29 is 37.1 Å². The van der Waals surface area contributed by atoms with Crippen molar-refractivity contribution in [2.75, 3.05) is 13.1 Å². The number of carbonyl (C=O) groups is 5. The molecule has 1 aliphatic carbocycles. The highest BCUT2D eigenvalue weighted by Gasteiger charge is 2.52. The van der Waals surface area contributed by atoms with Crippen LogP contribution in [0.5, 0.6) is 0 Å². The molecule has 3 rings (SSSR count). The van der Waals surface area contributed by atoms with Gasteiger partial charge in [-0.2, -0.15) is 8.78 Å². The van der Waals surface area contributed by atoms with E-state index in [1.807, 2.05) is 0 Å². The van der Waals surface area contributed by atoms with Crippen molar-refractivity contribution in [2.45, 2.75) is 90.0 Å². The van der Waals surface area contributed by atoms with Crippen molar-refractivity contribution in [1.29, 1.82) is 0 Å². The normalized spacial score (nSPS) is 27.5. The summed E-state index contributed by atoms with van der Waals surface area (Å²) in [6.45, 7) is 8.20. The smallest absolute Gasteiger partial charge is 0.315 e. The summed E-state index contributed by atoms with van der Waals surface area (Å²) in [5.41, 5.74) is -1.63. The zero-order chi connectivity index (χ0) is 29.4. The van der Waals surface area contributed by atoms with E-state index in [4.69, 9.17) is 11.6 Å². The van der Waals surface area contributed by atoms with Crippen LogP contribution in [0.1, 0.15) is 60.3 Å². The van der Waals surface area contributed by atoms with Crippen LogP contribution < -0.4 is 16.1 Å². The molecule has 0 radical (unpaired) electrons. The van der Waals surface area contributed by atoms with Crippen LogP contribution in [-0.2, 0) is 24.0 Å². The van der Waals surface area contributed by atoms with Crippen molar-refractivity contribution in [2.24, 2.45) is 23.2 Å². The molecule has 5 amide bonds. The number of amides is 5. The average molecular weight is 580 g/mol. The molecule has 3 fully saturated rings. The van der Waals surface area contributed by atoms with E-state index in [2.05, 4.69) is 16.1 Å². The fourth-order valence-corrected chi connectivity index (χ4v) is 6.08. The van der Waals surface area contributed by atoms with Gasteiger partial charge < -0.3 is 15.5 Å². The number of carbonyl (C=O) groups excluding carboxylic acids is 5. The number of alkyl halides is 4. The number of hydrazine groups is 1. The standard InChI is InChI=1S/C25H37ClF3N5O5/c1-24(2,3)16(30-21(37)18(28)29)22(38)33-10-12-7-6-8-14(12)15(33)20(36)32-34(23(39)17(26)27)11-13-9-25(4,5)31-19(13)35/h12-18H,6-11H2,1-5H3,(H,30,37)(H,31,35)(H,32,36)/t12-,13-,14-,15-,16+,17-/m0/s1. The zero-order valence-corrected chi connectivity index (χ0v) is 23.5. The maximum Gasteiger partial charge on any atom is 0.315 e. The Labute approximate surface area is 230 Å². The topological polar surface area (TPSA) is 128 Å². The van der Waals surface area contributed by atoms with E-state index in [9.17, 15) is 37.1 Å². The quantitative estimate of drug-likeness (QED) is 0.313. The maximum atomic E-state index is 13.9. The van der Waals surface area contributed by atoms with Crippen LogP contribution in [0.25, 0.3) is 0 Å². The summed E-state index contributed by atoms with van der Waals surface area (Å²) in [5, 5.41) is 5.55. The van der Waals surface area contributed by atoms with Gasteiger partial charge in [-0.15, -0.1) is 0 Å². The van der Waals surface area contributed by atoms with Crippen molar-refractivity contribution in [3.8, 4) is 0 Å². The summed E-state index contributed by atoms with van der Waals surface area (Å²) in [6, 6.07) is -2.45. The van der Waals surface area contributed by atoms with E-state index >= 15 is 0 Å². The maximum absolute atomic E-state index is 13.9. The van der Waals surface area contributed by atoms with Crippen LogP contribution in [-0.4, -0.2) is 82.2 Å². The predicted molar refractivity (Wildman–Crippen MR) is 135 cm³/mol. The van der Waals surface area contributed by atoms with Crippen LogP contribution in [0.15, 0.2) is 0 Å². The summed E-state index contributed by atoms with van der Waals surface area (Å²) in [7, 11) is 0. The fourth-order valence-electron chi connectivity index (χ4n) is 5.96. The lowest BCUT2D eigenvalue weighted by molar-refractivity contribution is -0.151. The van der Waals surface area contributed by atoms with Gasteiger partial charge in [0.1, 0.15) is 12.1 Å². The Kier molecular flexibility index (Phi) is 9.13. The van der Waals surface area contributed by atoms with Crippen molar-refractivity contribution in [3.63, 3.8) is 0 Å². The number of nitrogens with one attached hydrogen (secondary N) is 3. The van der Waals surface area contributed by atoms with E-state index in [0.717, 1.165) is 12.8 Å². The highest BCUT2D eigenvalue weighted by Crippen LogP contribution is 2.43. The van der Waals surface area contributed by atoms with Crippen molar-refractivity contribution in [3.05, 3.63) is 0 Å². The first-order valence-electron chi connectivity index (χ1n) is 13.0. The van der Waals surface area contributed by atoms with Gasteiger partial charge in [0.2, 0.25) is 11.8 Å². The first kappa shape index (κ1) is 31.0. The molecule has 14 heteroatoms. The molecule has 3 aliphatic rings. The third-order valence-corrected chi connectivity index (χ3v) is 7.92. The Bertz CT molecular complexity index is 1010. The van der Waals surface area contributed by atoms with E-state index in [1.54, 1.807) is 34.6 Å². The summed E-state index contributed by atoms with van der Waals surface area (Å²) < 4.78 is 40.0. The van der Waals surface area contributed by atoms with E-state index in [1.165, 1.54) is 4.90 Å². The molecule has 0 bridgehead atoms. The third-order valence-electron chi connectivity index (χ3n) is 7.73. The first-order valence-corrected chi connectivity index (χ1v) is 13.5. The summed E-state index contributed by atoms with van der Waals surface area (Å²) in [5.74, 6) is -5.81. The van der Waals surface area contributed by atoms with Gasteiger partial charge in [0.25, 0.3) is 23.4 Å². The third kappa shape index (κ3) is 6.96. The number of fused-ring (bicyclic) bond motifs is 1. The molecule has 0 aromatic heterocycles. The number of nitrogens with zero attached hydrogens (tertiary/aromatic N) is 2. The van der Waals surface area contributed by atoms with Gasteiger partial charge in [-0.1, -0.05) is 38.8 Å². The Balaban J connectivity index is 1.87. The summed E-state index contributed by atoms with van der Waals surface area (Å²) in [4.78, 5) is 65.4. The van der Waals surface area contributed by atoms with Crippen molar-refractivity contribution >= 4 is 41.1 Å². The molecule has 0 aromatic rings. The minimum atomic E-state index is -3.33. The van der Waals surface area contributed by atoms with Gasteiger partial charge in [0.05, 0.1) is 12.5 Å². The molecule has 0 aromatic carbocycles. The number of likely N-dealkylation sites (tertiary alicyclic amines) is 1. The Hall–Kier alpha value is -2.57. The van der Waals surface area contributed by atoms with Gasteiger partial charge in [-0.25, -0.2) is 9.40 Å². The minimum absolute atomic E-state index is 0.0522. The second-order valence-corrected chi connectivity index (χ2v) is 12.8. The molecule has 2 heterocycles. The second kappa shape index (κ2) is 11.5. The molecular formula is C25H37ClF3N5O5. The first-order chi connectivity index (χ1) is 17.9. The minimum Gasteiger partial charge on any atom is -0.351 e. The largest absolute Gasteiger partial charge is 0.351 e. The molecule has 220 valence electrons. The van der Waals surface area contributed by atoms with E-state index < -0.39 is 64.6 Å². The number of halogens is 4. The fraction of sp³-hybridized carbons (Fsp3) is 0.800. The lowest BCUT2D eigenvalue weighted by Crippen LogP contribution is -2.61. The van der Waals surface area contributed by atoms with Crippen LogP contribution >= 0.6 is 11.6 Å². The second-order valence-electron chi connectivity index (χ2n) is 12.4. The lowest BCUT2D eigenvalue weighted by atomic mass is 9.85. The summed E-state index contributed by atoms with van der Waals surface area (Å²) in [6.07, 6.45) is -0.873. The monoisotopic (exact) mass is 579 g/mol. The molecule has 0 unspecified atom stereocenters. The van der Waals surface area contributed by atoms with E-state index in [-0.39, 0.29) is 30.8 Å². The SMILES string of the molecule is CC1(C)C[C@@H](CN(NC(=O)[C@@H]2[C@H]3CCC[C@H]3CN2C(=O)[C@@H](NC(=O)C(F)F)C(C)(C)C)C(=O)[C@H](F)Cl)C(=O)N1. The van der Waals surface area contributed by atoms with Crippen LogP contribution in [0.3, 0.4) is 0 Å². The molecule has 6 atom stereocenters. The number of rotatable bonds is 7. The van der Waals surface area contributed by atoms with Crippen molar-refractivity contribution in [1.82, 2.24) is 26.0 Å². The lowest BCUT2D eigenvalue weighted by Gasteiger charge is -2.37. The van der Waals surface area contributed by atoms with E-state index in [0.29, 0.717) is 17.9 Å². The van der Waals surface area contributed by atoms with Crippen LogP contribution in [0.2, 0.25) is 0 Å². The highest BCUT2D eigenvalue weighted by molar-refractivity contribution is 6.29. The molecule has 3 N–H and O–H groups in total. The molecule has 0 spiro atoms. The summed E-state index contributed by atoms with van der Waals surface area (Å²) >= 11 is 5.40. The average Bonchev–Trinajstić information content (AvgIpc) is 3.46. The molecule has 10 nitrogen and oxygen atoms in total. The van der Waals surface area contributed by atoms with Gasteiger partial charge in [0, 0.05) is 12.1 Å². The van der Waals surface area contributed by atoms with Gasteiger partial charge in [0.15, 0.2) is 0 Å². The number of hydrogen-bond acceptors (Lipinski definition) is 5. The Morgan fingerprint density at radius 3 is 2.33 bits per heavy atom. The molecule has 2 aliphatic heterocycles. The van der Waals surface area contributed by atoms with Crippen LogP contribution in [0, 0.1) is 23.2 Å².